The lowest BCUT2D eigenvalue weighted by molar-refractivity contribution is -0.118. The molecule has 0 aromatic carbocycles. The monoisotopic (exact) mass is 250 g/mol. The minimum Gasteiger partial charge on any atom is -0.380 e. The molecule has 0 spiro atoms. The average Bonchev–Trinajstić information content (AvgIpc) is 2.61. The smallest absolute Gasteiger partial charge is 0.239 e. The molecular formula is C13H22N4O. The Morgan fingerprint density at radius 2 is 2.33 bits per heavy atom. The fourth-order valence-corrected chi connectivity index (χ4v) is 2.55. The number of hydrogen-bond donors (Lipinski definition) is 2. The Bertz CT molecular complexity index is 401. The van der Waals surface area contributed by atoms with Gasteiger partial charge in [-0.05, 0) is 25.2 Å². The summed E-state index contributed by atoms with van der Waals surface area (Å²) in [6.45, 7) is 2.47. The Kier molecular flexibility index (Phi) is 4.23. The van der Waals surface area contributed by atoms with Crippen molar-refractivity contribution >= 4 is 11.6 Å². The van der Waals surface area contributed by atoms with Crippen LogP contribution in [-0.2, 0) is 11.3 Å². The van der Waals surface area contributed by atoms with Gasteiger partial charge in [0.1, 0.15) is 6.54 Å². The molecule has 5 nitrogen and oxygen atoms in total. The van der Waals surface area contributed by atoms with Gasteiger partial charge in [0.25, 0.3) is 0 Å². The number of amides is 1. The van der Waals surface area contributed by atoms with Gasteiger partial charge in [-0.15, -0.1) is 0 Å². The lowest BCUT2D eigenvalue weighted by atomic mass is 10.0. The number of nitrogens with two attached hydrogens (primary N) is 1. The van der Waals surface area contributed by atoms with Gasteiger partial charge < -0.3 is 11.1 Å². The van der Waals surface area contributed by atoms with E-state index in [2.05, 4.69) is 17.3 Å². The molecule has 1 amide bonds. The van der Waals surface area contributed by atoms with E-state index >= 15 is 0 Å². The molecule has 1 aromatic rings. The summed E-state index contributed by atoms with van der Waals surface area (Å²) >= 11 is 0. The quantitative estimate of drug-likeness (QED) is 0.800. The van der Waals surface area contributed by atoms with Crippen molar-refractivity contribution in [3.63, 3.8) is 0 Å². The largest absolute Gasteiger partial charge is 0.380 e. The van der Waals surface area contributed by atoms with Crippen molar-refractivity contribution in [2.75, 3.05) is 5.32 Å². The fourth-order valence-electron chi connectivity index (χ4n) is 2.55. The second-order valence-corrected chi connectivity index (χ2v) is 5.35. The van der Waals surface area contributed by atoms with E-state index in [4.69, 9.17) is 5.73 Å². The topological polar surface area (TPSA) is 72.9 Å². The summed E-state index contributed by atoms with van der Waals surface area (Å²) in [5.41, 5.74) is 6.12. The van der Waals surface area contributed by atoms with Gasteiger partial charge in [-0.3, -0.25) is 9.48 Å². The van der Waals surface area contributed by atoms with Crippen LogP contribution in [0.4, 0.5) is 5.69 Å². The van der Waals surface area contributed by atoms with Crippen LogP contribution in [0.1, 0.15) is 39.0 Å². The van der Waals surface area contributed by atoms with E-state index in [1.54, 1.807) is 10.9 Å². The SMILES string of the molecule is CC1CCCC(Nc2cnn(CC(N)=O)c2)CC1. The van der Waals surface area contributed by atoms with E-state index < -0.39 is 0 Å². The minimum atomic E-state index is -0.368. The zero-order valence-corrected chi connectivity index (χ0v) is 10.9. The number of carbonyl (C=O) groups is 1. The molecular weight excluding hydrogens is 228 g/mol. The first kappa shape index (κ1) is 12.9. The highest BCUT2D eigenvalue weighted by molar-refractivity contribution is 5.73. The number of hydrogen-bond acceptors (Lipinski definition) is 3. The first-order valence-corrected chi connectivity index (χ1v) is 6.71. The molecule has 1 aromatic heterocycles. The molecule has 100 valence electrons. The highest BCUT2D eigenvalue weighted by atomic mass is 16.1. The molecule has 2 atom stereocenters. The second-order valence-electron chi connectivity index (χ2n) is 5.35. The maximum Gasteiger partial charge on any atom is 0.239 e. The van der Waals surface area contributed by atoms with Crippen molar-refractivity contribution in [2.45, 2.75) is 51.6 Å². The van der Waals surface area contributed by atoms with Gasteiger partial charge in [0.2, 0.25) is 5.91 Å². The van der Waals surface area contributed by atoms with Crippen molar-refractivity contribution in [2.24, 2.45) is 11.7 Å². The molecule has 0 aliphatic heterocycles. The third-order valence-corrected chi connectivity index (χ3v) is 3.58. The summed E-state index contributed by atoms with van der Waals surface area (Å²) in [6, 6.07) is 0.529. The number of aromatic nitrogens is 2. The minimum absolute atomic E-state index is 0.142. The molecule has 1 fully saturated rings. The molecule has 3 N–H and O–H groups in total. The lowest BCUT2D eigenvalue weighted by Gasteiger charge is -2.16. The maximum absolute atomic E-state index is 10.8. The average molecular weight is 250 g/mol. The van der Waals surface area contributed by atoms with Crippen LogP contribution in [0.15, 0.2) is 12.4 Å². The van der Waals surface area contributed by atoms with Crippen LogP contribution in [0.5, 0.6) is 0 Å². The molecule has 18 heavy (non-hydrogen) atoms. The van der Waals surface area contributed by atoms with Crippen LogP contribution < -0.4 is 11.1 Å². The van der Waals surface area contributed by atoms with E-state index in [0.29, 0.717) is 6.04 Å². The Morgan fingerprint density at radius 3 is 3.11 bits per heavy atom. The van der Waals surface area contributed by atoms with Crippen molar-refractivity contribution in [1.29, 1.82) is 0 Å². The molecule has 1 aliphatic carbocycles. The third kappa shape index (κ3) is 3.75. The van der Waals surface area contributed by atoms with Gasteiger partial charge in [0.15, 0.2) is 0 Å². The Morgan fingerprint density at radius 1 is 1.50 bits per heavy atom. The Hall–Kier alpha value is -1.52. The normalized spacial score (nSPS) is 24.5. The molecule has 1 aliphatic rings. The fraction of sp³-hybridized carbons (Fsp3) is 0.692. The number of primary amides is 1. The predicted octanol–water partition coefficient (Wildman–Crippen LogP) is 1.75. The van der Waals surface area contributed by atoms with Crippen LogP contribution in [0, 0.1) is 5.92 Å². The zero-order chi connectivity index (χ0) is 13.0. The van der Waals surface area contributed by atoms with E-state index in [1.165, 1.54) is 32.1 Å². The molecule has 2 unspecified atom stereocenters. The maximum atomic E-state index is 10.8. The number of carbonyl (C=O) groups excluding carboxylic acids is 1. The summed E-state index contributed by atoms with van der Waals surface area (Å²) < 4.78 is 1.57. The van der Waals surface area contributed by atoms with E-state index in [0.717, 1.165) is 11.6 Å². The van der Waals surface area contributed by atoms with Gasteiger partial charge in [-0.1, -0.05) is 19.8 Å². The van der Waals surface area contributed by atoms with Crippen LogP contribution in [0.2, 0.25) is 0 Å². The van der Waals surface area contributed by atoms with Gasteiger partial charge in [0.05, 0.1) is 11.9 Å². The predicted molar refractivity (Wildman–Crippen MR) is 71.1 cm³/mol. The molecule has 1 heterocycles. The highest BCUT2D eigenvalue weighted by Gasteiger charge is 2.16. The van der Waals surface area contributed by atoms with Gasteiger partial charge in [0, 0.05) is 12.2 Å². The van der Waals surface area contributed by atoms with E-state index in [1.807, 2.05) is 6.20 Å². The van der Waals surface area contributed by atoms with Crippen molar-refractivity contribution < 1.29 is 4.79 Å². The molecule has 0 saturated heterocycles. The van der Waals surface area contributed by atoms with Crippen LogP contribution in [-0.4, -0.2) is 21.7 Å². The zero-order valence-electron chi connectivity index (χ0n) is 10.9. The first-order valence-electron chi connectivity index (χ1n) is 6.71. The van der Waals surface area contributed by atoms with Crippen molar-refractivity contribution in [1.82, 2.24) is 9.78 Å². The van der Waals surface area contributed by atoms with Crippen LogP contribution in [0.3, 0.4) is 0 Å². The third-order valence-electron chi connectivity index (χ3n) is 3.58. The van der Waals surface area contributed by atoms with Gasteiger partial charge in [-0.25, -0.2) is 0 Å². The highest BCUT2D eigenvalue weighted by Crippen LogP contribution is 2.24. The Labute approximate surface area is 108 Å². The molecule has 0 bridgehead atoms. The van der Waals surface area contributed by atoms with Crippen LogP contribution >= 0.6 is 0 Å². The Balaban J connectivity index is 1.88. The number of nitrogens with one attached hydrogen (secondary N) is 1. The summed E-state index contributed by atoms with van der Waals surface area (Å²) in [5.74, 6) is 0.474. The second kappa shape index (κ2) is 5.89. The van der Waals surface area contributed by atoms with E-state index in [9.17, 15) is 4.79 Å². The molecule has 5 heteroatoms. The standard InChI is InChI=1S/C13H22N4O/c1-10-3-2-4-11(6-5-10)16-12-7-15-17(8-12)9-13(14)18/h7-8,10-11,16H,2-6,9H2,1H3,(H2,14,18). The van der Waals surface area contributed by atoms with E-state index in [-0.39, 0.29) is 12.5 Å². The van der Waals surface area contributed by atoms with Crippen molar-refractivity contribution in [3.05, 3.63) is 12.4 Å². The van der Waals surface area contributed by atoms with Gasteiger partial charge in [-0.2, -0.15) is 5.10 Å². The lowest BCUT2D eigenvalue weighted by Crippen LogP contribution is -2.19. The van der Waals surface area contributed by atoms with Crippen LogP contribution in [0.25, 0.3) is 0 Å². The molecule has 0 radical (unpaired) electrons. The first-order chi connectivity index (χ1) is 8.63. The summed E-state index contributed by atoms with van der Waals surface area (Å²) in [5, 5.41) is 7.61. The summed E-state index contributed by atoms with van der Waals surface area (Å²) in [6.07, 6.45) is 9.93. The molecule has 2 rings (SSSR count). The summed E-state index contributed by atoms with van der Waals surface area (Å²) in [4.78, 5) is 10.8. The number of nitrogens with zero attached hydrogens (tertiary/aromatic N) is 2. The van der Waals surface area contributed by atoms with Crippen molar-refractivity contribution in [3.8, 4) is 0 Å². The summed E-state index contributed by atoms with van der Waals surface area (Å²) in [7, 11) is 0. The number of anilines is 1. The van der Waals surface area contributed by atoms with Gasteiger partial charge >= 0.3 is 0 Å². The number of rotatable bonds is 4. The molecule has 1 saturated carbocycles.